The molecule has 1 aliphatic carbocycles. The highest BCUT2D eigenvalue weighted by atomic mass is 79.9. The zero-order valence-corrected chi connectivity index (χ0v) is 10.1. The third kappa shape index (κ3) is 1.49. The maximum absolute atomic E-state index is 6.33. The monoisotopic (exact) mass is 266 g/mol. The Balaban J connectivity index is 2.04. The summed E-state index contributed by atoms with van der Waals surface area (Å²) in [5, 5.41) is 3.62. The lowest BCUT2D eigenvalue weighted by atomic mass is 9.85. The van der Waals surface area contributed by atoms with Crippen LogP contribution in [0.4, 0.5) is 5.69 Å². The Bertz CT molecular complexity index is 391. The molecule has 3 unspecified atom stereocenters. The average Bonchev–Trinajstić information content (AvgIpc) is 2.65. The quantitative estimate of drug-likeness (QED) is 0.758. The fourth-order valence-corrected chi connectivity index (χ4v) is 3.33. The number of fused-ring (bicyclic) bond motifs is 2. The van der Waals surface area contributed by atoms with Gasteiger partial charge in [-0.2, -0.15) is 0 Å². The zero-order valence-electron chi connectivity index (χ0n) is 8.54. The minimum atomic E-state index is 0.224. The maximum atomic E-state index is 6.33. The molecule has 1 heterocycles. The van der Waals surface area contributed by atoms with E-state index in [2.05, 4.69) is 39.4 Å². The first-order chi connectivity index (χ1) is 7.25. The molecule has 1 aromatic rings. The second kappa shape index (κ2) is 3.49. The molecule has 15 heavy (non-hydrogen) atoms. The minimum Gasteiger partial charge on any atom is -0.382 e. The first-order valence-corrected chi connectivity index (χ1v) is 6.36. The number of nitrogens with one attached hydrogen (secondary N) is 1. The fraction of sp³-hybridized carbons (Fsp3) is 0.500. The minimum absolute atomic E-state index is 0.224. The summed E-state index contributed by atoms with van der Waals surface area (Å²) in [7, 11) is 0. The van der Waals surface area contributed by atoms with Crippen LogP contribution in [0.2, 0.25) is 0 Å². The van der Waals surface area contributed by atoms with Gasteiger partial charge in [0.1, 0.15) is 0 Å². The molecule has 0 radical (unpaired) electrons. The molecule has 3 N–H and O–H groups in total. The molecular weight excluding hydrogens is 252 g/mol. The summed E-state index contributed by atoms with van der Waals surface area (Å²) < 4.78 is 1.12. The number of rotatable bonds is 0. The van der Waals surface area contributed by atoms with Gasteiger partial charge in [0.05, 0.1) is 0 Å². The molecule has 0 spiro atoms. The maximum Gasteiger partial charge on any atom is 0.0402 e. The molecule has 2 nitrogen and oxygen atoms in total. The summed E-state index contributed by atoms with van der Waals surface area (Å²) in [6, 6.07) is 7.19. The van der Waals surface area contributed by atoms with E-state index in [4.69, 9.17) is 5.73 Å². The predicted octanol–water partition coefficient (Wildman–Crippen LogP) is 3.04. The van der Waals surface area contributed by atoms with E-state index in [-0.39, 0.29) is 6.04 Å². The summed E-state index contributed by atoms with van der Waals surface area (Å²) in [5.41, 5.74) is 8.83. The van der Waals surface area contributed by atoms with E-state index in [0.29, 0.717) is 12.0 Å². The van der Waals surface area contributed by atoms with E-state index in [0.717, 1.165) is 4.47 Å². The molecule has 1 fully saturated rings. The first kappa shape index (κ1) is 9.67. The lowest BCUT2D eigenvalue weighted by molar-refractivity contribution is 0.401. The summed E-state index contributed by atoms with van der Waals surface area (Å²) in [6.07, 6.45) is 3.85. The van der Waals surface area contributed by atoms with Gasteiger partial charge in [0.15, 0.2) is 0 Å². The van der Waals surface area contributed by atoms with Crippen LogP contribution in [-0.2, 0) is 0 Å². The van der Waals surface area contributed by atoms with Crippen LogP contribution in [0.5, 0.6) is 0 Å². The molecule has 1 aromatic carbocycles. The number of hydrogen-bond donors (Lipinski definition) is 2. The SMILES string of the molecule is NC1c2ccc(Br)cc2NC2CCCC21. The van der Waals surface area contributed by atoms with E-state index < -0.39 is 0 Å². The van der Waals surface area contributed by atoms with E-state index in [1.807, 2.05) is 0 Å². The molecule has 2 aliphatic rings. The van der Waals surface area contributed by atoms with Crippen molar-refractivity contribution in [1.82, 2.24) is 0 Å². The Labute approximate surface area is 98.4 Å². The third-order valence-electron chi connectivity index (χ3n) is 3.75. The second-order valence-electron chi connectivity index (χ2n) is 4.60. The molecule has 1 saturated carbocycles. The third-order valence-corrected chi connectivity index (χ3v) is 4.24. The van der Waals surface area contributed by atoms with Gasteiger partial charge in [0, 0.05) is 22.2 Å². The molecule has 3 heteroatoms. The van der Waals surface area contributed by atoms with Gasteiger partial charge in [-0.05, 0) is 36.5 Å². The van der Waals surface area contributed by atoms with Crippen LogP contribution in [-0.4, -0.2) is 6.04 Å². The van der Waals surface area contributed by atoms with Crippen LogP contribution in [0, 0.1) is 5.92 Å². The lowest BCUT2D eigenvalue weighted by Crippen LogP contribution is -2.37. The summed E-state index contributed by atoms with van der Waals surface area (Å²) in [4.78, 5) is 0. The van der Waals surface area contributed by atoms with Crippen LogP contribution in [0.25, 0.3) is 0 Å². The van der Waals surface area contributed by atoms with Gasteiger partial charge in [-0.25, -0.2) is 0 Å². The van der Waals surface area contributed by atoms with Gasteiger partial charge in [-0.15, -0.1) is 0 Å². The highest BCUT2D eigenvalue weighted by molar-refractivity contribution is 9.10. The average molecular weight is 267 g/mol. The highest BCUT2D eigenvalue weighted by Crippen LogP contribution is 2.43. The molecule has 0 aromatic heterocycles. The summed E-state index contributed by atoms with van der Waals surface area (Å²) >= 11 is 3.50. The van der Waals surface area contributed by atoms with Crippen molar-refractivity contribution in [1.29, 1.82) is 0 Å². The first-order valence-electron chi connectivity index (χ1n) is 5.57. The number of halogens is 1. The molecule has 0 bridgehead atoms. The molecule has 0 amide bonds. The Hall–Kier alpha value is -0.540. The summed E-state index contributed by atoms with van der Waals surface area (Å²) in [5.74, 6) is 0.638. The van der Waals surface area contributed by atoms with E-state index in [9.17, 15) is 0 Å². The standard InChI is InChI=1S/C12H15BrN2/c13-7-4-5-9-11(6-7)15-10-3-1-2-8(10)12(9)14/h4-6,8,10,12,15H,1-3,14H2. The molecular formula is C12H15BrN2. The van der Waals surface area contributed by atoms with Gasteiger partial charge in [0.2, 0.25) is 0 Å². The number of anilines is 1. The van der Waals surface area contributed by atoms with Crippen LogP contribution in [0.15, 0.2) is 22.7 Å². The Morgan fingerprint density at radius 1 is 1.33 bits per heavy atom. The van der Waals surface area contributed by atoms with E-state index in [1.54, 1.807) is 0 Å². The van der Waals surface area contributed by atoms with Gasteiger partial charge in [0.25, 0.3) is 0 Å². The predicted molar refractivity (Wildman–Crippen MR) is 65.8 cm³/mol. The molecule has 0 saturated heterocycles. The Morgan fingerprint density at radius 2 is 2.20 bits per heavy atom. The number of benzene rings is 1. The molecule has 3 rings (SSSR count). The smallest absolute Gasteiger partial charge is 0.0402 e. The van der Waals surface area contributed by atoms with Gasteiger partial charge in [-0.3, -0.25) is 0 Å². The van der Waals surface area contributed by atoms with Crippen LogP contribution >= 0.6 is 15.9 Å². The van der Waals surface area contributed by atoms with Crippen molar-refractivity contribution in [3.05, 3.63) is 28.2 Å². The van der Waals surface area contributed by atoms with E-state index >= 15 is 0 Å². The lowest BCUT2D eigenvalue weighted by Gasteiger charge is -2.35. The Kier molecular flexibility index (Phi) is 2.25. The van der Waals surface area contributed by atoms with Crippen molar-refractivity contribution >= 4 is 21.6 Å². The number of nitrogens with two attached hydrogens (primary N) is 1. The van der Waals surface area contributed by atoms with Crippen molar-refractivity contribution in [3.8, 4) is 0 Å². The van der Waals surface area contributed by atoms with Crippen molar-refractivity contribution in [2.75, 3.05) is 5.32 Å². The zero-order chi connectivity index (χ0) is 10.4. The van der Waals surface area contributed by atoms with Gasteiger partial charge < -0.3 is 11.1 Å². The molecule has 1 aliphatic heterocycles. The van der Waals surface area contributed by atoms with Gasteiger partial charge >= 0.3 is 0 Å². The van der Waals surface area contributed by atoms with Crippen LogP contribution in [0.3, 0.4) is 0 Å². The van der Waals surface area contributed by atoms with Crippen molar-refractivity contribution in [2.45, 2.75) is 31.3 Å². The van der Waals surface area contributed by atoms with Crippen LogP contribution < -0.4 is 11.1 Å². The summed E-state index contributed by atoms with van der Waals surface area (Å²) in [6.45, 7) is 0. The van der Waals surface area contributed by atoms with Crippen LogP contribution in [0.1, 0.15) is 30.9 Å². The van der Waals surface area contributed by atoms with Crippen molar-refractivity contribution in [3.63, 3.8) is 0 Å². The second-order valence-corrected chi connectivity index (χ2v) is 5.52. The van der Waals surface area contributed by atoms with Gasteiger partial charge in [-0.1, -0.05) is 28.4 Å². The Morgan fingerprint density at radius 3 is 3.07 bits per heavy atom. The number of hydrogen-bond acceptors (Lipinski definition) is 2. The van der Waals surface area contributed by atoms with Crippen molar-refractivity contribution < 1.29 is 0 Å². The highest BCUT2D eigenvalue weighted by Gasteiger charge is 2.37. The molecule has 3 atom stereocenters. The largest absolute Gasteiger partial charge is 0.382 e. The fourth-order valence-electron chi connectivity index (χ4n) is 2.97. The topological polar surface area (TPSA) is 38.0 Å². The van der Waals surface area contributed by atoms with E-state index in [1.165, 1.54) is 30.5 Å². The van der Waals surface area contributed by atoms with Crippen molar-refractivity contribution in [2.24, 2.45) is 11.7 Å². The molecule has 80 valence electrons. The normalized spacial score (nSPS) is 33.1.